The summed E-state index contributed by atoms with van der Waals surface area (Å²) in [5.74, 6) is -0.237. The number of anilines is 1. The molecule has 0 radical (unpaired) electrons. The molecule has 11 nitrogen and oxygen atoms in total. The average molecular weight is 546 g/mol. The molecule has 1 spiro atoms. The van der Waals surface area contributed by atoms with Crippen LogP contribution < -0.4 is 5.32 Å². The minimum atomic E-state index is -0.917. The molecule has 5 rings (SSSR count). The maximum atomic E-state index is 13.2. The number of carbonyl (C=O) groups is 3. The largest absolute Gasteiger partial charge is 0.390 e. The highest BCUT2D eigenvalue weighted by molar-refractivity contribution is 7.19. The van der Waals surface area contributed by atoms with Gasteiger partial charge >= 0.3 is 12.1 Å². The molecule has 2 fully saturated rings. The number of likely N-dealkylation sites (tertiary alicyclic amines) is 1. The van der Waals surface area contributed by atoms with Gasteiger partial charge in [0.25, 0.3) is 5.91 Å². The molecule has 0 saturated carbocycles. The first kappa shape index (κ1) is 26.3. The lowest BCUT2D eigenvalue weighted by atomic mass is 9.86. The van der Waals surface area contributed by atoms with E-state index in [0.717, 1.165) is 26.6 Å². The number of rotatable bonds is 4. The van der Waals surface area contributed by atoms with E-state index in [4.69, 9.17) is 4.98 Å². The number of benzene rings is 1. The Balaban J connectivity index is 1.42. The van der Waals surface area contributed by atoms with Gasteiger partial charge in [-0.15, -0.1) is 0 Å². The minimum Gasteiger partial charge on any atom is -0.390 e. The third-order valence-corrected chi connectivity index (χ3v) is 8.35. The fourth-order valence-electron chi connectivity index (χ4n) is 5.20. The summed E-state index contributed by atoms with van der Waals surface area (Å²) >= 11 is 1.29. The summed E-state index contributed by atoms with van der Waals surface area (Å²) in [6.45, 7) is 2.23. The normalized spacial score (nSPS) is 16.6. The Kier molecular flexibility index (Phi) is 6.80. The molecular formula is C27H27N7O4S. The third kappa shape index (κ3) is 4.60. The number of aromatic nitrogens is 2. The topological polar surface area (TPSA) is 143 Å². The molecule has 2 aromatic heterocycles. The van der Waals surface area contributed by atoms with Crippen LogP contribution in [0.3, 0.4) is 0 Å². The molecule has 3 aromatic rings. The highest BCUT2D eigenvalue weighted by Gasteiger charge is 2.55. The van der Waals surface area contributed by atoms with E-state index < -0.39 is 5.54 Å². The van der Waals surface area contributed by atoms with Crippen molar-refractivity contribution in [3.05, 3.63) is 53.3 Å². The first-order valence-electron chi connectivity index (χ1n) is 12.4. The van der Waals surface area contributed by atoms with Crippen molar-refractivity contribution in [2.45, 2.75) is 31.9 Å². The van der Waals surface area contributed by atoms with Gasteiger partial charge < -0.3 is 14.9 Å². The van der Waals surface area contributed by atoms with Gasteiger partial charge in [0.2, 0.25) is 0 Å². The first-order valence-corrected chi connectivity index (χ1v) is 13.2. The van der Waals surface area contributed by atoms with Gasteiger partial charge in [-0.3, -0.25) is 20.0 Å². The number of nitrogens with one attached hydrogen (secondary N) is 1. The van der Waals surface area contributed by atoms with Gasteiger partial charge in [0, 0.05) is 38.4 Å². The predicted molar refractivity (Wildman–Crippen MR) is 145 cm³/mol. The van der Waals surface area contributed by atoms with Crippen LogP contribution in [0.1, 0.15) is 29.8 Å². The van der Waals surface area contributed by atoms with Gasteiger partial charge in [-0.25, -0.2) is 14.6 Å². The Morgan fingerprint density at radius 3 is 2.54 bits per heavy atom. The highest BCUT2D eigenvalue weighted by atomic mass is 32.1. The molecule has 0 unspecified atom stereocenters. The van der Waals surface area contributed by atoms with Crippen molar-refractivity contribution in [3.63, 3.8) is 0 Å². The monoisotopic (exact) mass is 545 g/mol. The van der Waals surface area contributed by atoms with Crippen molar-refractivity contribution in [1.29, 1.82) is 5.26 Å². The highest BCUT2D eigenvalue weighted by Crippen LogP contribution is 2.40. The molecule has 5 amide bonds. The van der Waals surface area contributed by atoms with Crippen LogP contribution in [0.15, 0.2) is 36.4 Å². The van der Waals surface area contributed by atoms with Crippen molar-refractivity contribution >= 4 is 34.4 Å². The first-order chi connectivity index (χ1) is 18.7. The number of imide groups is 1. The standard InChI is InChI=1S/C27H27N7O4S/c1-16-11-19(13-20(15-35)29-16)22-21(18-6-4-5-17(12-18)14-28)30-24(39-22)31-25(37)34-9-7-27(8-10-34)23(36)32(2)26(38)33(27)3/h4-6,11-13,35H,7-10,15H2,1-3H3,(H,30,31,37). The number of aryl methyl sites for hydroxylation is 1. The van der Waals surface area contributed by atoms with Crippen LogP contribution in [0.2, 0.25) is 0 Å². The van der Waals surface area contributed by atoms with E-state index in [1.165, 1.54) is 23.3 Å². The lowest BCUT2D eigenvalue weighted by Crippen LogP contribution is -2.56. The Morgan fingerprint density at radius 2 is 1.90 bits per heavy atom. The number of pyridine rings is 1. The van der Waals surface area contributed by atoms with E-state index in [-0.39, 0.29) is 24.6 Å². The van der Waals surface area contributed by atoms with Gasteiger partial charge in [-0.1, -0.05) is 23.5 Å². The number of nitrogens with zero attached hydrogens (tertiary/aromatic N) is 6. The van der Waals surface area contributed by atoms with E-state index in [2.05, 4.69) is 16.4 Å². The van der Waals surface area contributed by atoms with Gasteiger partial charge in [-0.05, 0) is 49.6 Å². The molecule has 0 atom stereocenters. The van der Waals surface area contributed by atoms with Gasteiger partial charge in [0.05, 0.1) is 34.5 Å². The number of thiazole rings is 1. The zero-order chi connectivity index (χ0) is 27.9. The summed E-state index contributed by atoms with van der Waals surface area (Å²) < 4.78 is 0. The number of hydrogen-bond donors (Lipinski definition) is 2. The van der Waals surface area contributed by atoms with Crippen molar-refractivity contribution in [3.8, 4) is 27.8 Å². The van der Waals surface area contributed by atoms with Crippen LogP contribution in [-0.4, -0.2) is 80.5 Å². The van der Waals surface area contributed by atoms with E-state index in [9.17, 15) is 24.8 Å². The number of nitriles is 1. The smallest absolute Gasteiger partial charge is 0.327 e. The average Bonchev–Trinajstić information content (AvgIpc) is 3.44. The van der Waals surface area contributed by atoms with Gasteiger partial charge in [0.1, 0.15) is 5.54 Å². The molecule has 200 valence electrons. The van der Waals surface area contributed by atoms with Crippen LogP contribution in [0, 0.1) is 18.3 Å². The molecule has 12 heteroatoms. The maximum absolute atomic E-state index is 13.2. The van der Waals surface area contributed by atoms with Crippen LogP contribution in [0.4, 0.5) is 14.7 Å². The van der Waals surface area contributed by atoms with Gasteiger partial charge in [0.15, 0.2) is 5.13 Å². The van der Waals surface area contributed by atoms with E-state index in [1.54, 1.807) is 36.2 Å². The number of piperidine rings is 1. The van der Waals surface area contributed by atoms with Crippen molar-refractivity contribution in [1.82, 2.24) is 24.7 Å². The minimum absolute atomic E-state index is 0.216. The number of amides is 5. The zero-order valence-corrected chi connectivity index (χ0v) is 22.6. The second-order valence-electron chi connectivity index (χ2n) is 9.69. The Bertz CT molecular complexity index is 1520. The van der Waals surface area contributed by atoms with Crippen LogP contribution in [0.5, 0.6) is 0 Å². The molecule has 2 N–H and O–H groups in total. The van der Waals surface area contributed by atoms with Crippen LogP contribution >= 0.6 is 11.3 Å². The number of aliphatic hydroxyl groups is 1. The predicted octanol–water partition coefficient (Wildman–Crippen LogP) is 3.43. The van der Waals surface area contributed by atoms with Crippen molar-refractivity contribution in [2.75, 3.05) is 32.5 Å². The summed E-state index contributed by atoms with van der Waals surface area (Å²) in [6.07, 6.45) is 0.697. The molecular weight excluding hydrogens is 518 g/mol. The summed E-state index contributed by atoms with van der Waals surface area (Å²) in [5.41, 5.74) is 2.91. The second-order valence-corrected chi connectivity index (χ2v) is 10.7. The Labute approximate surface area is 229 Å². The SMILES string of the molecule is Cc1cc(-c2sc(NC(=O)N3CCC4(CC3)C(=O)N(C)C(=O)N4C)nc2-c2cccc(C#N)c2)cc(CO)n1. The Hall–Kier alpha value is -4.34. The fourth-order valence-corrected chi connectivity index (χ4v) is 6.16. The van der Waals surface area contributed by atoms with E-state index in [1.807, 2.05) is 19.1 Å². The number of likely N-dealkylation sites (N-methyl/N-ethyl adjacent to an activating group) is 2. The number of urea groups is 2. The molecule has 2 aliphatic heterocycles. The lowest BCUT2D eigenvalue weighted by Gasteiger charge is -2.40. The molecule has 1 aromatic carbocycles. The number of carbonyl (C=O) groups excluding carboxylic acids is 3. The molecule has 2 saturated heterocycles. The molecule has 39 heavy (non-hydrogen) atoms. The molecule has 4 heterocycles. The van der Waals surface area contributed by atoms with E-state index >= 15 is 0 Å². The molecule has 0 bridgehead atoms. The van der Waals surface area contributed by atoms with Gasteiger partial charge in [-0.2, -0.15) is 5.26 Å². The lowest BCUT2D eigenvalue weighted by molar-refractivity contribution is -0.134. The molecule has 2 aliphatic rings. The van der Waals surface area contributed by atoms with Crippen molar-refractivity contribution < 1.29 is 19.5 Å². The quantitative estimate of drug-likeness (QED) is 0.478. The Morgan fingerprint density at radius 1 is 1.15 bits per heavy atom. The van der Waals surface area contributed by atoms with Crippen molar-refractivity contribution in [2.24, 2.45) is 0 Å². The summed E-state index contributed by atoms with van der Waals surface area (Å²) in [7, 11) is 3.11. The summed E-state index contributed by atoms with van der Waals surface area (Å²) in [6, 6.07) is 12.2. The summed E-state index contributed by atoms with van der Waals surface area (Å²) in [5, 5.41) is 22.3. The zero-order valence-electron chi connectivity index (χ0n) is 21.8. The van der Waals surface area contributed by atoms with Crippen LogP contribution in [-0.2, 0) is 11.4 Å². The van der Waals surface area contributed by atoms with Crippen LogP contribution in [0.25, 0.3) is 21.7 Å². The third-order valence-electron chi connectivity index (χ3n) is 7.33. The number of hydrogen-bond acceptors (Lipinski definition) is 8. The maximum Gasteiger partial charge on any atom is 0.327 e. The fraction of sp³-hybridized carbons (Fsp3) is 0.333. The number of aliphatic hydroxyl groups excluding tert-OH is 1. The van der Waals surface area contributed by atoms with E-state index in [0.29, 0.717) is 48.0 Å². The summed E-state index contributed by atoms with van der Waals surface area (Å²) in [4.78, 5) is 52.4. The molecule has 0 aliphatic carbocycles. The second kappa shape index (κ2) is 10.1.